The van der Waals surface area contributed by atoms with E-state index in [1.165, 1.54) is 6.08 Å². The van der Waals surface area contributed by atoms with Gasteiger partial charge in [0.1, 0.15) is 11.9 Å². The SMILES string of the molecule is CCCC1C=C(Cl)C(F)=CC1(O)C#N. The van der Waals surface area contributed by atoms with E-state index in [1.54, 1.807) is 6.07 Å². The molecule has 4 heteroatoms. The van der Waals surface area contributed by atoms with Gasteiger partial charge in [-0.15, -0.1) is 0 Å². The number of allylic oxidation sites excluding steroid dienone is 2. The summed E-state index contributed by atoms with van der Waals surface area (Å²) in [5, 5.41) is 18.5. The van der Waals surface area contributed by atoms with Crippen molar-refractivity contribution in [3.05, 3.63) is 23.0 Å². The lowest BCUT2D eigenvalue weighted by atomic mass is 9.82. The molecule has 0 aromatic rings. The first-order valence-electron chi connectivity index (χ1n) is 4.43. The van der Waals surface area contributed by atoms with Crippen molar-refractivity contribution >= 4 is 11.6 Å². The van der Waals surface area contributed by atoms with E-state index in [-0.39, 0.29) is 5.03 Å². The highest BCUT2D eigenvalue weighted by molar-refractivity contribution is 6.31. The lowest BCUT2D eigenvalue weighted by Gasteiger charge is -2.28. The van der Waals surface area contributed by atoms with Gasteiger partial charge in [-0.1, -0.05) is 31.0 Å². The lowest BCUT2D eigenvalue weighted by Crippen LogP contribution is -2.35. The standard InChI is InChI=1S/C10H11ClFNO/c1-2-3-7-4-8(11)9(12)5-10(7,14)6-13/h4-5,7,14H,2-3H2,1H3. The Hall–Kier alpha value is -0.850. The Morgan fingerprint density at radius 3 is 2.93 bits per heavy atom. The highest BCUT2D eigenvalue weighted by atomic mass is 35.5. The summed E-state index contributed by atoms with van der Waals surface area (Å²) in [6.07, 6.45) is 3.69. The highest BCUT2D eigenvalue weighted by Gasteiger charge is 2.37. The average molecular weight is 216 g/mol. The zero-order valence-electron chi connectivity index (χ0n) is 7.80. The Bertz CT molecular complexity index is 332. The molecule has 2 unspecified atom stereocenters. The number of aliphatic hydroxyl groups is 1. The molecule has 1 N–H and O–H groups in total. The predicted octanol–water partition coefficient (Wildman–Crippen LogP) is 2.65. The molecular weight excluding hydrogens is 205 g/mol. The van der Waals surface area contributed by atoms with E-state index in [4.69, 9.17) is 16.9 Å². The van der Waals surface area contributed by atoms with Crippen molar-refractivity contribution in [2.75, 3.05) is 0 Å². The Balaban J connectivity index is 3.02. The van der Waals surface area contributed by atoms with Gasteiger partial charge in [0.2, 0.25) is 0 Å². The molecule has 1 rings (SSSR count). The molecule has 2 nitrogen and oxygen atoms in total. The molecule has 0 aromatic heterocycles. The van der Waals surface area contributed by atoms with Crippen molar-refractivity contribution in [3.8, 4) is 6.07 Å². The van der Waals surface area contributed by atoms with Crippen molar-refractivity contribution in [2.45, 2.75) is 25.4 Å². The molecule has 0 aliphatic heterocycles. The van der Waals surface area contributed by atoms with Crippen LogP contribution in [0, 0.1) is 17.2 Å². The molecule has 0 spiro atoms. The summed E-state index contributed by atoms with van der Waals surface area (Å²) in [6, 6.07) is 1.70. The van der Waals surface area contributed by atoms with Gasteiger partial charge in [0.15, 0.2) is 5.60 Å². The molecule has 0 bridgehead atoms. The minimum absolute atomic E-state index is 0.0247. The largest absolute Gasteiger partial charge is 0.371 e. The third-order valence-corrected chi connectivity index (χ3v) is 2.57. The van der Waals surface area contributed by atoms with Gasteiger partial charge in [-0.05, 0) is 12.5 Å². The molecule has 1 aliphatic carbocycles. The van der Waals surface area contributed by atoms with Crippen molar-refractivity contribution < 1.29 is 9.50 Å². The van der Waals surface area contributed by atoms with E-state index in [2.05, 4.69) is 0 Å². The summed E-state index contributed by atoms with van der Waals surface area (Å²) in [5.41, 5.74) is -1.75. The first-order chi connectivity index (χ1) is 6.53. The van der Waals surface area contributed by atoms with Gasteiger partial charge in [-0.25, -0.2) is 4.39 Å². The van der Waals surface area contributed by atoms with Gasteiger partial charge in [0.25, 0.3) is 0 Å². The molecule has 0 fully saturated rings. The normalized spacial score (nSPS) is 31.8. The quantitative estimate of drug-likeness (QED) is 0.720. The highest BCUT2D eigenvalue weighted by Crippen LogP contribution is 2.35. The minimum atomic E-state index is -1.75. The van der Waals surface area contributed by atoms with E-state index >= 15 is 0 Å². The molecule has 2 atom stereocenters. The second-order valence-electron chi connectivity index (χ2n) is 3.34. The third kappa shape index (κ3) is 1.97. The Labute approximate surface area is 87.3 Å². The van der Waals surface area contributed by atoms with Gasteiger partial charge < -0.3 is 5.11 Å². The van der Waals surface area contributed by atoms with Gasteiger partial charge in [-0.2, -0.15) is 5.26 Å². The fraction of sp³-hybridized carbons (Fsp3) is 0.500. The van der Waals surface area contributed by atoms with Crippen LogP contribution in [0.1, 0.15) is 19.8 Å². The maximum atomic E-state index is 13.0. The van der Waals surface area contributed by atoms with Crippen LogP contribution in [0.5, 0.6) is 0 Å². The van der Waals surface area contributed by atoms with E-state index in [0.717, 1.165) is 12.5 Å². The monoisotopic (exact) mass is 215 g/mol. The van der Waals surface area contributed by atoms with Crippen LogP contribution in [0.25, 0.3) is 0 Å². The van der Waals surface area contributed by atoms with Crippen molar-refractivity contribution in [1.29, 1.82) is 5.26 Å². The van der Waals surface area contributed by atoms with Crippen LogP contribution in [0.2, 0.25) is 0 Å². The fourth-order valence-electron chi connectivity index (χ4n) is 1.48. The number of hydrogen-bond acceptors (Lipinski definition) is 2. The maximum absolute atomic E-state index is 13.0. The molecule has 14 heavy (non-hydrogen) atoms. The van der Waals surface area contributed by atoms with E-state index in [1.807, 2.05) is 6.92 Å². The van der Waals surface area contributed by atoms with Crippen LogP contribution in [0.4, 0.5) is 4.39 Å². The van der Waals surface area contributed by atoms with Gasteiger partial charge in [-0.3, -0.25) is 0 Å². The first kappa shape index (κ1) is 11.2. The second kappa shape index (κ2) is 4.12. The molecule has 0 amide bonds. The number of rotatable bonds is 2. The molecule has 0 saturated carbocycles. The minimum Gasteiger partial charge on any atom is -0.371 e. The van der Waals surface area contributed by atoms with E-state index in [9.17, 15) is 9.50 Å². The number of nitrogens with zero attached hydrogens (tertiary/aromatic N) is 1. The van der Waals surface area contributed by atoms with Gasteiger partial charge >= 0.3 is 0 Å². The van der Waals surface area contributed by atoms with Gasteiger partial charge in [0.05, 0.1) is 5.03 Å². The summed E-state index contributed by atoms with van der Waals surface area (Å²) in [7, 11) is 0. The second-order valence-corrected chi connectivity index (χ2v) is 3.75. The molecule has 76 valence electrons. The molecule has 1 aliphatic rings. The molecule has 0 aromatic carbocycles. The third-order valence-electron chi connectivity index (χ3n) is 2.27. The summed E-state index contributed by atoms with van der Waals surface area (Å²) in [4.78, 5) is 0. The Morgan fingerprint density at radius 2 is 2.43 bits per heavy atom. The molecule has 0 saturated heterocycles. The predicted molar refractivity (Wildman–Crippen MR) is 52.1 cm³/mol. The van der Waals surface area contributed by atoms with Crippen molar-refractivity contribution in [2.24, 2.45) is 5.92 Å². The van der Waals surface area contributed by atoms with Crippen molar-refractivity contribution in [3.63, 3.8) is 0 Å². The number of halogens is 2. The zero-order chi connectivity index (χ0) is 10.8. The van der Waals surface area contributed by atoms with Crippen LogP contribution in [-0.4, -0.2) is 10.7 Å². The van der Waals surface area contributed by atoms with Crippen LogP contribution in [-0.2, 0) is 0 Å². The number of hydrogen-bond donors (Lipinski definition) is 1. The summed E-state index contributed by atoms with van der Waals surface area (Å²) in [5.74, 6) is -1.16. The smallest absolute Gasteiger partial charge is 0.179 e. The topological polar surface area (TPSA) is 44.0 Å². The van der Waals surface area contributed by atoms with E-state index < -0.39 is 17.3 Å². The summed E-state index contributed by atoms with van der Waals surface area (Å²) < 4.78 is 13.0. The molecule has 0 heterocycles. The maximum Gasteiger partial charge on any atom is 0.179 e. The Morgan fingerprint density at radius 1 is 1.79 bits per heavy atom. The average Bonchev–Trinajstić information content (AvgIpc) is 2.15. The zero-order valence-corrected chi connectivity index (χ0v) is 8.55. The van der Waals surface area contributed by atoms with E-state index in [0.29, 0.717) is 6.42 Å². The summed E-state index contributed by atoms with van der Waals surface area (Å²) >= 11 is 5.58. The fourth-order valence-corrected chi connectivity index (χ4v) is 1.69. The summed E-state index contributed by atoms with van der Waals surface area (Å²) in [6.45, 7) is 1.92. The lowest BCUT2D eigenvalue weighted by molar-refractivity contribution is 0.0952. The molecular formula is C10H11ClFNO. The van der Waals surface area contributed by atoms with Crippen LogP contribution >= 0.6 is 11.6 Å². The van der Waals surface area contributed by atoms with Crippen molar-refractivity contribution in [1.82, 2.24) is 0 Å². The first-order valence-corrected chi connectivity index (χ1v) is 4.81. The molecule has 0 radical (unpaired) electrons. The van der Waals surface area contributed by atoms with Crippen LogP contribution in [0.15, 0.2) is 23.0 Å². The van der Waals surface area contributed by atoms with Crippen LogP contribution < -0.4 is 0 Å². The van der Waals surface area contributed by atoms with Crippen LogP contribution in [0.3, 0.4) is 0 Å². The number of nitriles is 1. The Kier molecular flexibility index (Phi) is 3.30. The van der Waals surface area contributed by atoms with Gasteiger partial charge in [0, 0.05) is 5.92 Å².